The van der Waals surface area contributed by atoms with Crippen LogP contribution in [0.2, 0.25) is 0 Å². The maximum atomic E-state index is 13.8. The van der Waals surface area contributed by atoms with Gasteiger partial charge in [-0.25, -0.2) is 4.39 Å². The lowest BCUT2D eigenvalue weighted by molar-refractivity contribution is 0.497. The number of thiophene rings is 1. The molecule has 0 bridgehead atoms. The fraction of sp³-hybridized carbons (Fsp3) is 0.357. The largest absolute Gasteiger partial charge is 0.310 e. The van der Waals surface area contributed by atoms with Crippen molar-refractivity contribution in [1.29, 1.82) is 0 Å². The third-order valence-corrected chi connectivity index (χ3v) is 3.70. The molecule has 0 amide bonds. The predicted molar refractivity (Wildman–Crippen MR) is 73.3 cm³/mol. The maximum Gasteiger partial charge on any atom is 0.146 e. The lowest BCUT2D eigenvalue weighted by Crippen LogP contribution is -2.24. The Kier molecular flexibility index (Phi) is 4.84. The summed E-state index contributed by atoms with van der Waals surface area (Å²) in [6.45, 7) is 3.00. The molecule has 0 saturated carbocycles. The number of hydrogen-bond acceptors (Lipinski definition) is 3. The molecular weight excluding hydrogens is 247 g/mol. The first-order chi connectivity index (χ1) is 8.81. The van der Waals surface area contributed by atoms with Crippen LogP contribution in [0.25, 0.3) is 0 Å². The Bertz CT molecular complexity index is 470. The SMILES string of the molecule is CCCNC(Cc1cccs1)c1ccncc1F. The standard InChI is InChI=1S/C14H17FN2S/c1-2-6-17-14(9-11-4-3-8-18-11)12-5-7-16-10-13(12)15/h3-5,7-8,10,14,17H,2,6,9H2,1H3. The minimum Gasteiger partial charge on any atom is -0.310 e. The van der Waals surface area contributed by atoms with E-state index in [-0.39, 0.29) is 11.9 Å². The van der Waals surface area contributed by atoms with Crippen LogP contribution in [0.15, 0.2) is 36.0 Å². The molecule has 18 heavy (non-hydrogen) atoms. The Hall–Kier alpha value is -1.26. The van der Waals surface area contributed by atoms with Crippen LogP contribution in [0.5, 0.6) is 0 Å². The minimum absolute atomic E-state index is 0.0200. The molecule has 0 spiro atoms. The second-order valence-electron chi connectivity index (χ2n) is 4.19. The van der Waals surface area contributed by atoms with Crippen LogP contribution in [-0.2, 0) is 6.42 Å². The van der Waals surface area contributed by atoms with E-state index in [1.807, 2.05) is 6.07 Å². The zero-order valence-electron chi connectivity index (χ0n) is 10.4. The van der Waals surface area contributed by atoms with Gasteiger partial charge in [0.1, 0.15) is 5.82 Å². The number of hydrogen-bond donors (Lipinski definition) is 1. The van der Waals surface area contributed by atoms with Crippen LogP contribution in [-0.4, -0.2) is 11.5 Å². The van der Waals surface area contributed by atoms with Crippen molar-refractivity contribution in [2.24, 2.45) is 0 Å². The summed E-state index contributed by atoms with van der Waals surface area (Å²) in [5.41, 5.74) is 0.701. The van der Waals surface area contributed by atoms with Crippen molar-refractivity contribution in [1.82, 2.24) is 10.3 Å². The average Bonchev–Trinajstić information content (AvgIpc) is 2.88. The summed E-state index contributed by atoms with van der Waals surface area (Å²) in [5.74, 6) is -0.234. The number of nitrogens with one attached hydrogen (secondary N) is 1. The first-order valence-corrected chi connectivity index (χ1v) is 7.04. The van der Waals surface area contributed by atoms with Gasteiger partial charge in [-0.05, 0) is 30.5 Å². The van der Waals surface area contributed by atoms with Crippen molar-refractivity contribution >= 4 is 11.3 Å². The van der Waals surface area contributed by atoms with E-state index < -0.39 is 0 Å². The van der Waals surface area contributed by atoms with Gasteiger partial charge in [0, 0.05) is 29.1 Å². The third-order valence-electron chi connectivity index (χ3n) is 2.81. The van der Waals surface area contributed by atoms with Crippen LogP contribution in [0.1, 0.15) is 29.8 Å². The Morgan fingerprint density at radius 1 is 1.44 bits per heavy atom. The van der Waals surface area contributed by atoms with Crippen molar-refractivity contribution in [3.05, 3.63) is 52.2 Å². The van der Waals surface area contributed by atoms with E-state index in [4.69, 9.17) is 0 Å². The second-order valence-corrected chi connectivity index (χ2v) is 5.22. The highest BCUT2D eigenvalue weighted by Crippen LogP contribution is 2.22. The molecule has 1 atom stereocenters. The molecule has 0 aliphatic heterocycles. The second kappa shape index (κ2) is 6.61. The van der Waals surface area contributed by atoms with Gasteiger partial charge in [0.25, 0.3) is 0 Å². The van der Waals surface area contributed by atoms with Gasteiger partial charge in [-0.1, -0.05) is 13.0 Å². The molecule has 0 fully saturated rings. The van der Waals surface area contributed by atoms with Gasteiger partial charge in [0.05, 0.1) is 6.20 Å². The van der Waals surface area contributed by atoms with Gasteiger partial charge < -0.3 is 5.32 Å². The molecule has 0 aliphatic carbocycles. The van der Waals surface area contributed by atoms with Crippen molar-refractivity contribution in [2.45, 2.75) is 25.8 Å². The summed E-state index contributed by atoms with van der Waals surface area (Å²) in [4.78, 5) is 5.07. The van der Waals surface area contributed by atoms with Crippen LogP contribution in [0.3, 0.4) is 0 Å². The van der Waals surface area contributed by atoms with E-state index in [9.17, 15) is 4.39 Å². The van der Waals surface area contributed by atoms with E-state index in [1.165, 1.54) is 11.1 Å². The van der Waals surface area contributed by atoms with E-state index in [2.05, 4.69) is 28.7 Å². The summed E-state index contributed by atoms with van der Waals surface area (Å²) < 4.78 is 13.8. The molecule has 96 valence electrons. The smallest absolute Gasteiger partial charge is 0.146 e. The molecule has 2 aromatic rings. The van der Waals surface area contributed by atoms with E-state index in [1.54, 1.807) is 23.6 Å². The van der Waals surface area contributed by atoms with E-state index in [0.29, 0.717) is 5.56 Å². The van der Waals surface area contributed by atoms with Crippen molar-refractivity contribution < 1.29 is 4.39 Å². The average molecular weight is 264 g/mol. The Morgan fingerprint density at radius 2 is 2.33 bits per heavy atom. The Balaban J connectivity index is 2.16. The first-order valence-electron chi connectivity index (χ1n) is 6.16. The van der Waals surface area contributed by atoms with Crippen molar-refractivity contribution in [3.8, 4) is 0 Å². The van der Waals surface area contributed by atoms with Crippen LogP contribution < -0.4 is 5.32 Å². The molecule has 0 aromatic carbocycles. The summed E-state index contributed by atoms with van der Waals surface area (Å²) in [6.07, 6.45) is 4.78. The molecule has 0 radical (unpaired) electrons. The summed E-state index contributed by atoms with van der Waals surface area (Å²) in [5, 5.41) is 5.45. The zero-order chi connectivity index (χ0) is 12.8. The monoisotopic (exact) mass is 264 g/mol. The number of rotatable bonds is 6. The van der Waals surface area contributed by atoms with Crippen molar-refractivity contribution in [2.75, 3.05) is 6.54 Å². The summed E-state index contributed by atoms with van der Waals surface area (Å²) in [7, 11) is 0. The number of pyridine rings is 1. The van der Waals surface area contributed by atoms with Gasteiger partial charge >= 0.3 is 0 Å². The minimum atomic E-state index is -0.234. The number of nitrogens with zero attached hydrogens (tertiary/aromatic N) is 1. The maximum absolute atomic E-state index is 13.8. The van der Waals surface area contributed by atoms with Gasteiger partial charge in [-0.15, -0.1) is 11.3 Å². The van der Waals surface area contributed by atoms with Gasteiger partial charge in [-0.2, -0.15) is 0 Å². The number of aromatic nitrogens is 1. The van der Waals surface area contributed by atoms with Gasteiger partial charge in [-0.3, -0.25) is 4.98 Å². The lowest BCUT2D eigenvalue weighted by atomic mass is 10.0. The van der Waals surface area contributed by atoms with Crippen molar-refractivity contribution in [3.63, 3.8) is 0 Å². The lowest BCUT2D eigenvalue weighted by Gasteiger charge is -2.18. The molecule has 2 rings (SSSR count). The molecule has 1 N–H and O–H groups in total. The van der Waals surface area contributed by atoms with Crippen LogP contribution >= 0.6 is 11.3 Å². The molecule has 2 nitrogen and oxygen atoms in total. The Morgan fingerprint density at radius 3 is 3.00 bits per heavy atom. The molecule has 2 heterocycles. The third kappa shape index (κ3) is 3.37. The Labute approximate surface area is 111 Å². The topological polar surface area (TPSA) is 24.9 Å². The van der Waals surface area contributed by atoms with E-state index in [0.717, 1.165) is 19.4 Å². The zero-order valence-corrected chi connectivity index (χ0v) is 11.2. The van der Waals surface area contributed by atoms with Gasteiger partial charge in [0.15, 0.2) is 0 Å². The molecular formula is C14H17FN2S. The molecule has 2 aromatic heterocycles. The van der Waals surface area contributed by atoms with Crippen LogP contribution in [0.4, 0.5) is 4.39 Å². The number of halogens is 1. The van der Waals surface area contributed by atoms with Crippen LogP contribution in [0, 0.1) is 5.82 Å². The predicted octanol–water partition coefficient (Wildman–Crippen LogP) is 3.57. The summed E-state index contributed by atoms with van der Waals surface area (Å²) >= 11 is 1.71. The fourth-order valence-corrected chi connectivity index (χ4v) is 2.66. The molecule has 1 unspecified atom stereocenters. The molecule has 0 aliphatic rings. The first kappa shape index (κ1) is 13.2. The van der Waals surface area contributed by atoms with Gasteiger partial charge in [0.2, 0.25) is 0 Å². The highest BCUT2D eigenvalue weighted by molar-refractivity contribution is 7.09. The fourth-order valence-electron chi connectivity index (χ4n) is 1.91. The highest BCUT2D eigenvalue weighted by atomic mass is 32.1. The van der Waals surface area contributed by atoms with E-state index >= 15 is 0 Å². The molecule has 4 heteroatoms. The quantitative estimate of drug-likeness (QED) is 0.863. The summed E-state index contributed by atoms with van der Waals surface area (Å²) in [6, 6.07) is 5.90. The highest BCUT2D eigenvalue weighted by Gasteiger charge is 2.15. The molecule has 0 saturated heterocycles. The normalized spacial score (nSPS) is 12.6.